The Balaban J connectivity index is 1.31. The molecule has 4 aromatic rings. The van der Waals surface area contributed by atoms with Crippen LogP contribution in [0.1, 0.15) is 48.0 Å². The van der Waals surface area contributed by atoms with Crippen LogP contribution in [0.4, 0.5) is 4.79 Å². The summed E-state index contributed by atoms with van der Waals surface area (Å²) in [5.74, 6) is 0.824. The minimum atomic E-state index is -0.491. The van der Waals surface area contributed by atoms with Crippen molar-refractivity contribution < 1.29 is 19.4 Å². The van der Waals surface area contributed by atoms with Gasteiger partial charge in [-0.2, -0.15) is 0 Å². The number of ether oxygens (including phenoxy) is 2. The molecule has 1 aliphatic heterocycles. The summed E-state index contributed by atoms with van der Waals surface area (Å²) < 4.78 is 13.0. The summed E-state index contributed by atoms with van der Waals surface area (Å²) in [5, 5.41) is 15.1. The first-order chi connectivity index (χ1) is 20.1. The molecule has 0 aliphatic carbocycles. The van der Waals surface area contributed by atoms with E-state index in [0.29, 0.717) is 13.1 Å². The third-order valence-electron chi connectivity index (χ3n) is 7.03. The van der Waals surface area contributed by atoms with E-state index in [1.54, 1.807) is 11.8 Å². The van der Waals surface area contributed by atoms with Gasteiger partial charge in [-0.25, -0.2) is 4.79 Å². The minimum absolute atomic E-state index is 0.00948. The van der Waals surface area contributed by atoms with Crippen LogP contribution in [0.2, 0.25) is 0 Å². The zero-order chi connectivity index (χ0) is 28.4. The van der Waals surface area contributed by atoms with Gasteiger partial charge in [0.15, 0.2) is 6.29 Å². The molecular formula is C34H36N2O4S. The second-order valence-electron chi connectivity index (χ2n) is 10.0. The molecule has 0 radical (unpaired) electrons. The van der Waals surface area contributed by atoms with E-state index in [2.05, 4.69) is 71.3 Å². The van der Waals surface area contributed by atoms with E-state index in [1.807, 2.05) is 49.4 Å². The van der Waals surface area contributed by atoms with Crippen molar-refractivity contribution in [2.75, 3.05) is 12.3 Å². The van der Waals surface area contributed by atoms with Gasteiger partial charge in [0.2, 0.25) is 0 Å². The first-order valence-corrected chi connectivity index (χ1v) is 15.0. The Morgan fingerprint density at radius 1 is 0.829 bits per heavy atom. The van der Waals surface area contributed by atoms with Gasteiger partial charge in [-0.3, -0.25) is 0 Å². The van der Waals surface area contributed by atoms with Crippen LogP contribution in [-0.2, 0) is 22.6 Å². The molecule has 4 aromatic carbocycles. The number of hydrogen-bond acceptors (Lipinski definition) is 5. The molecule has 3 N–H and O–H groups in total. The Kier molecular flexibility index (Phi) is 10.1. The second-order valence-corrected chi connectivity index (χ2v) is 11.1. The predicted molar refractivity (Wildman–Crippen MR) is 163 cm³/mol. The number of amides is 2. The van der Waals surface area contributed by atoms with Crippen molar-refractivity contribution in [2.45, 2.75) is 49.9 Å². The largest absolute Gasteiger partial charge is 0.392 e. The van der Waals surface area contributed by atoms with Gasteiger partial charge in [-0.15, -0.1) is 11.8 Å². The zero-order valence-electron chi connectivity index (χ0n) is 23.2. The molecule has 6 nitrogen and oxygen atoms in total. The van der Waals surface area contributed by atoms with E-state index < -0.39 is 6.29 Å². The molecule has 1 heterocycles. The van der Waals surface area contributed by atoms with Crippen LogP contribution in [0.5, 0.6) is 0 Å². The van der Waals surface area contributed by atoms with E-state index in [-0.39, 0.29) is 24.8 Å². The first-order valence-electron chi connectivity index (χ1n) is 14.0. The highest BCUT2D eigenvalue weighted by Crippen LogP contribution is 2.40. The van der Waals surface area contributed by atoms with Crippen LogP contribution in [-0.4, -0.2) is 29.5 Å². The molecular weight excluding hydrogens is 532 g/mol. The number of aliphatic hydroxyl groups excluding tert-OH is 1. The van der Waals surface area contributed by atoms with Gasteiger partial charge in [0.25, 0.3) is 0 Å². The third kappa shape index (κ3) is 7.99. The summed E-state index contributed by atoms with van der Waals surface area (Å²) in [7, 11) is 0. The van der Waals surface area contributed by atoms with Crippen molar-refractivity contribution in [1.29, 1.82) is 0 Å². The van der Waals surface area contributed by atoms with E-state index in [4.69, 9.17) is 9.47 Å². The monoisotopic (exact) mass is 568 g/mol. The molecule has 0 spiro atoms. The summed E-state index contributed by atoms with van der Waals surface area (Å²) in [6, 6.07) is 34.7. The average Bonchev–Trinajstić information content (AvgIpc) is 3.03. The fraction of sp³-hybridized carbons (Fsp3) is 0.265. The number of benzene rings is 4. The molecule has 7 heteroatoms. The fourth-order valence-electron chi connectivity index (χ4n) is 4.83. The number of nitrogens with one attached hydrogen (secondary N) is 2. The summed E-state index contributed by atoms with van der Waals surface area (Å²) in [4.78, 5) is 13.0. The molecule has 3 unspecified atom stereocenters. The summed E-state index contributed by atoms with van der Waals surface area (Å²) >= 11 is 1.79. The van der Waals surface area contributed by atoms with Crippen molar-refractivity contribution in [3.8, 4) is 11.1 Å². The maximum Gasteiger partial charge on any atom is 0.315 e. The second kappa shape index (κ2) is 14.3. The highest BCUT2D eigenvalue weighted by molar-refractivity contribution is 7.99. The Bertz CT molecular complexity index is 1400. The van der Waals surface area contributed by atoms with Gasteiger partial charge in [0, 0.05) is 35.7 Å². The summed E-state index contributed by atoms with van der Waals surface area (Å²) in [5.41, 5.74) is 6.13. The van der Waals surface area contributed by atoms with Crippen LogP contribution in [0.25, 0.3) is 11.1 Å². The molecule has 5 rings (SSSR count). The number of hydrogen-bond donors (Lipinski definition) is 3. The molecule has 3 atom stereocenters. The molecule has 1 saturated heterocycles. The van der Waals surface area contributed by atoms with Gasteiger partial charge in [-0.05, 0) is 52.9 Å². The van der Waals surface area contributed by atoms with E-state index in [0.717, 1.165) is 45.6 Å². The van der Waals surface area contributed by atoms with Crippen LogP contribution in [0, 0.1) is 0 Å². The maximum atomic E-state index is 11.8. The number of rotatable bonds is 10. The normalized spacial score (nSPS) is 18.5. The third-order valence-corrected chi connectivity index (χ3v) is 8.17. The number of urea groups is 1. The zero-order valence-corrected chi connectivity index (χ0v) is 24.0. The minimum Gasteiger partial charge on any atom is -0.392 e. The van der Waals surface area contributed by atoms with Gasteiger partial charge in [0.05, 0.1) is 18.8 Å². The van der Waals surface area contributed by atoms with Crippen molar-refractivity contribution in [3.05, 3.63) is 125 Å². The summed E-state index contributed by atoms with van der Waals surface area (Å²) in [6.07, 6.45) is 0.158. The molecule has 0 aromatic heterocycles. The van der Waals surface area contributed by atoms with Gasteiger partial charge < -0.3 is 25.2 Å². The topological polar surface area (TPSA) is 79.8 Å². The fourth-order valence-corrected chi connectivity index (χ4v) is 5.77. The standard InChI is InChI=1S/C34H36N2O4S/c1-2-35-34(38)36-21-25-7-6-8-29(19-25)26-15-17-28(18-16-26)33-39-30(23-41-31-9-4-3-5-10-31)20-32(40-33)27-13-11-24(22-37)12-14-27/h3-19,30,32-33,37H,2,20-23H2,1H3,(H2,35,36,38). The van der Waals surface area contributed by atoms with Crippen molar-refractivity contribution in [3.63, 3.8) is 0 Å². The van der Waals surface area contributed by atoms with Gasteiger partial charge in [0.1, 0.15) is 0 Å². The Labute approximate surface area is 246 Å². The number of aliphatic hydroxyl groups is 1. The Morgan fingerprint density at radius 3 is 2.32 bits per heavy atom. The maximum absolute atomic E-state index is 11.8. The highest BCUT2D eigenvalue weighted by atomic mass is 32.2. The molecule has 212 valence electrons. The lowest BCUT2D eigenvalue weighted by Gasteiger charge is -2.36. The van der Waals surface area contributed by atoms with Crippen LogP contribution in [0.15, 0.2) is 108 Å². The molecule has 0 bridgehead atoms. The van der Waals surface area contributed by atoms with Crippen LogP contribution in [0.3, 0.4) is 0 Å². The van der Waals surface area contributed by atoms with Crippen molar-refractivity contribution in [1.82, 2.24) is 10.6 Å². The summed E-state index contributed by atoms with van der Waals surface area (Å²) in [6.45, 7) is 2.97. The lowest BCUT2D eigenvalue weighted by atomic mass is 9.99. The number of carbonyl (C=O) groups is 1. The molecule has 0 saturated carbocycles. The predicted octanol–water partition coefficient (Wildman–Crippen LogP) is 7.00. The average molecular weight is 569 g/mol. The van der Waals surface area contributed by atoms with Crippen molar-refractivity contribution >= 4 is 17.8 Å². The molecule has 1 aliphatic rings. The SMILES string of the molecule is CCNC(=O)NCc1cccc(-c2ccc(C3OC(CSc4ccccc4)CC(c4ccc(CO)cc4)O3)cc2)c1. The molecule has 2 amide bonds. The lowest BCUT2D eigenvalue weighted by Crippen LogP contribution is -2.34. The lowest BCUT2D eigenvalue weighted by molar-refractivity contribution is -0.245. The number of carbonyl (C=O) groups excluding carboxylic acids is 1. The van der Waals surface area contributed by atoms with E-state index in [1.165, 1.54) is 4.90 Å². The molecule has 41 heavy (non-hydrogen) atoms. The Hall–Kier alpha value is -3.62. The van der Waals surface area contributed by atoms with E-state index in [9.17, 15) is 9.90 Å². The van der Waals surface area contributed by atoms with E-state index >= 15 is 0 Å². The smallest absolute Gasteiger partial charge is 0.315 e. The highest BCUT2D eigenvalue weighted by Gasteiger charge is 2.32. The Morgan fingerprint density at radius 2 is 1.59 bits per heavy atom. The van der Waals surface area contributed by atoms with Crippen LogP contribution < -0.4 is 10.6 Å². The van der Waals surface area contributed by atoms with Crippen molar-refractivity contribution in [2.24, 2.45) is 0 Å². The van der Waals surface area contributed by atoms with Gasteiger partial charge >= 0.3 is 6.03 Å². The first kappa shape index (κ1) is 28.9. The number of thioether (sulfide) groups is 1. The quantitative estimate of drug-likeness (QED) is 0.180. The molecule has 1 fully saturated rings. The van der Waals surface area contributed by atoms with Gasteiger partial charge in [-0.1, -0.05) is 84.9 Å². The van der Waals surface area contributed by atoms with Crippen LogP contribution >= 0.6 is 11.8 Å².